The molecule has 0 aliphatic heterocycles. The smallest absolute Gasteiger partial charge is 0.248 e. The summed E-state index contributed by atoms with van der Waals surface area (Å²) in [5, 5.41) is 6.19. The maximum atomic E-state index is 12.3. The van der Waals surface area contributed by atoms with E-state index in [0.717, 1.165) is 6.42 Å². The topological polar surface area (TPSA) is 84.2 Å². The zero-order valence-corrected chi connectivity index (χ0v) is 17.2. The summed E-state index contributed by atoms with van der Waals surface area (Å²) in [6.45, 7) is 8.90. The van der Waals surface area contributed by atoms with Crippen LogP contribution in [0.5, 0.6) is 0 Å². The van der Waals surface area contributed by atoms with Crippen LogP contribution in [0.25, 0.3) is 0 Å². The summed E-state index contributed by atoms with van der Waals surface area (Å²) in [6, 6.07) is 15.3. The van der Waals surface area contributed by atoms with Crippen molar-refractivity contribution in [1.29, 1.82) is 0 Å². The summed E-state index contributed by atoms with van der Waals surface area (Å²) >= 11 is 0. The molecule has 0 bridgehead atoms. The van der Waals surface area contributed by atoms with Crippen LogP contribution >= 0.6 is 0 Å². The maximum Gasteiger partial charge on any atom is 0.248 e. The number of anilines is 1. The van der Waals surface area contributed by atoms with Crippen molar-refractivity contribution in [2.45, 2.75) is 46.1 Å². The van der Waals surface area contributed by atoms with Crippen LogP contribution in [0.15, 0.2) is 48.5 Å². The minimum Gasteiger partial charge on any atom is -0.366 e. The second-order valence-corrected chi connectivity index (χ2v) is 7.57. The predicted molar refractivity (Wildman–Crippen MR) is 114 cm³/mol. The summed E-state index contributed by atoms with van der Waals surface area (Å²) in [4.78, 5) is 23.4. The van der Waals surface area contributed by atoms with Crippen LogP contribution in [0.1, 0.15) is 67.6 Å². The Balaban J connectivity index is 1.96. The van der Waals surface area contributed by atoms with E-state index in [1.54, 1.807) is 24.3 Å². The first-order valence-electron chi connectivity index (χ1n) is 9.84. The summed E-state index contributed by atoms with van der Waals surface area (Å²) in [7, 11) is 0. The molecule has 2 rings (SSSR count). The lowest BCUT2D eigenvalue weighted by Crippen LogP contribution is -2.33. The van der Waals surface area contributed by atoms with Gasteiger partial charge in [-0.15, -0.1) is 0 Å². The van der Waals surface area contributed by atoms with Crippen molar-refractivity contribution in [2.75, 3.05) is 11.9 Å². The summed E-state index contributed by atoms with van der Waals surface area (Å²) in [6.07, 6.45) is 1.12. The average Bonchev–Trinajstić information content (AvgIpc) is 2.68. The zero-order valence-electron chi connectivity index (χ0n) is 17.2. The van der Waals surface area contributed by atoms with E-state index in [1.807, 2.05) is 0 Å². The van der Waals surface area contributed by atoms with Gasteiger partial charge in [0, 0.05) is 17.3 Å². The van der Waals surface area contributed by atoms with E-state index in [9.17, 15) is 9.59 Å². The predicted octanol–water partition coefficient (Wildman–Crippen LogP) is 4.22. The van der Waals surface area contributed by atoms with Crippen LogP contribution in [0, 0.1) is 5.92 Å². The highest BCUT2D eigenvalue weighted by atomic mass is 16.2. The first-order chi connectivity index (χ1) is 13.3. The fourth-order valence-electron chi connectivity index (χ4n) is 3.13. The van der Waals surface area contributed by atoms with Gasteiger partial charge in [0.25, 0.3) is 0 Å². The van der Waals surface area contributed by atoms with Gasteiger partial charge in [-0.25, -0.2) is 0 Å². The van der Waals surface area contributed by atoms with Gasteiger partial charge in [-0.1, -0.05) is 52.0 Å². The van der Waals surface area contributed by atoms with E-state index in [0.29, 0.717) is 23.1 Å². The largest absolute Gasteiger partial charge is 0.366 e. The fourth-order valence-corrected chi connectivity index (χ4v) is 3.13. The highest BCUT2D eigenvalue weighted by molar-refractivity contribution is 5.95. The van der Waals surface area contributed by atoms with Gasteiger partial charge < -0.3 is 16.4 Å². The van der Waals surface area contributed by atoms with Crippen LogP contribution in [-0.4, -0.2) is 18.4 Å². The molecular formula is C23H31N3O2. The van der Waals surface area contributed by atoms with Crippen molar-refractivity contribution in [3.05, 3.63) is 65.2 Å². The van der Waals surface area contributed by atoms with Gasteiger partial charge >= 0.3 is 0 Å². The number of primary amides is 1. The molecule has 0 radical (unpaired) electrons. The number of rotatable bonds is 9. The molecule has 0 fully saturated rings. The Bertz CT molecular complexity index is 782. The molecular weight excluding hydrogens is 350 g/mol. The number of amides is 2. The summed E-state index contributed by atoms with van der Waals surface area (Å²) in [5.74, 6) is 0.274. The van der Waals surface area contributed by atoms with Crippen molar-refractivity contribution in [1.82, 2.24) is 5.32 Å². The molecule has 5 nitrogen and oxygen atoms in total. The molecule has 28 heavy (non-hydrogen) atoms. The Labute approximate surface area is 167 Å². The number of nitrogens with one attached hydrogen (secondary N) is 2. The van der Waals surface area contributed by atoms with Crippen molar-refractivity contribution >= 4 is 17.5 Å². The normalized spacial score (nSPS) is 13.2. The summed E-state index contributed by atoms with van der Waals surface area (Å²) < 4.78 is 0. The Morgan fingerprint density at radius 3 is 2.00 bits per heavy atom. The highest BCUT2D eigenvalue weighted by Crippen LogP contribution is 2.25. The molecule has 0 aliphatic rings. The van der Waals surface area contributed by atoms with Gasteiger partial charge in [-0.2, -0.15) is 0 Å². The number of carbonyl (C=O) groups excluding carboxylic acids is 2. The lowest BCUT2D eigenvalue weighted by Gasteiger charge is -2.23. The van der Waals surface area contributed by atoms with Gasteiger partial charge in [0.2, 0.25) is 11.8 Å². The quantitative estimate of drug-likeness (QED) is 0.608. The molecule has 0 saturated heterocycles. The third-order valence-electron chi connectivity index (χ3n) is 5.08. The van der Waals surface area contributed by atoms with E-state index >= 15 is 0 Å². The first kappa shape index (κ1) is 21.6. The molecule has 2 aromatic rings. The number of hydrogen-bond acceptors (Lipinski definition) is 3. The third-order valence-corrected chi connectivity index (χ3v) is 5.08. The highest BCUT2D eigenvalue weighted by Gasteiger charge is 2.17. The van der Waals surface area contributed by atoms with E-state index in [4.69, 9.17) is 5.73 Å². The van der Waals surface area contributed by atoms with Crippen LogP contribution in [-0.2, 0) is 4.79 Å². The molecule has 2 aromatic carbocycles. The Morgan fingerprint density at radius 1 is 0.929 bits per heavy atom. The van der Waals surface area contributed by atoms with Gasteiger partial charge in [0.05, 0.1) is 6.54 Å². The van der Waals surface area contributed by atoms with Gasteiger partial charge in [0.15, 0.2) is 0 Å². The molecule has 150 valence electrons. The molecule has 4 N–H and O–H groups in total. The van der Waals surface area contributed by atoms with E-state index in [-0.39, 0.29) is 18.5 Å². The van der Waals surface area contributed by atoms with Crippen LogP contribution in [0.2, 0.25) is 0 Å². The Kier molecular flexibility index (Phi) is 7.76. The molecule has 0 aliphatic carbocycles. The molecule has 0 saturated carbocycles. The van der Waals surface area contributed by atoms with E-state index < -0.39 is 5.91 Å². The third kappa shape index (κ3) is 5.92. The van der Waals surface area contributed by atoms with Crippen molar-refractivity contribution in [2.24, 2.45) is 11.7 Å². The Hall–Kier alpha value is -2.66. The number of carbonyl (C=O) groups is 2. The number of hydrogen-bond donors (Lipinski definition) is 3. The molecule has 5 heteroatoms. The van der Waals surface area contributed by atoms with Gasteiger partial charge in [0.1, 0.15) is 0 Å². The SMILES string of the molecule is CC[C@@H](C)c1ccc([C@@H](NCC(=O)Nc2ccc(C(N)=O)cc2)C(C)C)cc1. The van der Waals surface area contributed by atoms with Crippen molar-refractivity contribution in [3.63, 3.8) is 0 Å². The van der Waals surface area contributed by atoms with Crippen LogP contribution < -0.4 is 16.4 Å². The average molecular weight is 382 g/mol. The fraction of sp³-hybridized carbons (Fsp3) is 0.391. The zero-order chi connectivity index (χ0) is 20.7. The van der Waals surface area contributed by atoms with E-state index in [1.165, 1.54) is 11.1 Å². The van der Waals surface area contributed by atoms with Crippen molar-refractivity contribution < 1.29 is 9.59 Å². The van der Waals surface area contributed by atoms with E-state index in [2.05, 4.69) is 62.6 Å². The van der Waals surface area contributed by atoms with Gasteiger partial charge in [-0.05, 0) is 53.6 Å². The maximum absolute atomic E-state index is 12.3. The second kappa shape index (κ2) is 10.0. The molecule has 2 amide bonds. The molecule has 0 aromatic heterocycles. The molecule has 2 atom stereocenters. The molecule has 0 spiro atoms. The molecule has 0 heterocycles. The standard InChI is InChI=1S/C23H31N3O2/c1-5-16(4)17-6-8-18(9-7-17)22(15(2)3)25-14-21(27)26-20-12-10-19(11-13-20)23(24)28/h6-13,15-16,22,25H,5,14H2,1-4H3,(H2,24,28)(H,26,27)/t16-,22+/m1/s1. The minimum atomic E-state index is -0.487. The Morgan fingerprint density at radius 2 is 1.50 bits per heavy atom. The number of benzene rings is 2. The van der Waals surface area contributed by atoms with Gasteiger partial charge in [-0.3, -0.25) is 9.59 Å². The minimum absolute atomic E-state index is 0.0916. The lowest BCUT2D eigenvalue weighted by atomic mass is 9.92. The monoisotopic (exact) mass is 381 g/mol. The summed E-state index contributed by atoms with van der Waals surface area (Å²) in [5.41, 5.74) is 8.80. The molecule has 0 unspecified atom stereocenters. The van der Waals surface area contributed by atoms with Crippen LogP contribution in [0.4, 0.5) is 5.69 Å². The lowest BCUT2D eigenvalue weighted by molar-refractivity contribution is -0.115. The second-order valence-electron chi connectivity index (χ2n) is 7.57. The number of nitrogens with two attached hydrogens (primary N) is 1. The first-order valence-corrected chi connectivity index (χ1v) is 9.84. The van der Waals surface area contributed by atoms with Crippen molar-refractivity contribution in [3.8, 4) is 0 Å². The van der Waals surface area contributed by atoms with Crippen LogP contribution in [0.3, 0.4) is 0 Å².